The molecule has 3 N–H and O–H groups in total. The molecule has 1 amide bonds. The van der Waals surface area contributed by atoms with Crippen LogP contribution in [0.2, 0.25) is 0 Å². The molecule has 0 saturated carbocycles. The molecular formula is C10H19ClN2O4. The van der Waals surface area contributed by atoms with Crippen LogP contribution >= 0.6 is 12.4 Å². The number of carboxylic acid groups (broad SMARTS) is 1. The molecule has 0 aromatic heterocycles. The van der Waals surface area contributed by atoms with Gasteiger partial charge in [0.2, 0.25) is 0 Å². The normalized spacial score (nSPS) is 24.1. The largest absolute Gasteiger partial charge is 0.481 e. The third-order valence-corrected chi connectivity index (χ3v) is 2.33. The topological polar surface area (TPSA) is 92.9 Å². The van der Waals surface area contributed by atoms with Crippen molar-refractivity contribution in [2.24, 2.45) is 11.7 Å². The molecule has 6 nitrogen and oxygen atoms in total. The van der Waals surface area contributed by atoms with Gasteiger partial charge in [0, 0.05) is 19.1 Å². The SMILES string of the molecule is CC(C)(C)OC(=O)N1CC(N)C(C(=O)O)C1.Cl. The van der Waals surface area contributed by atoms with Crippen LogP contribution in [-0.4, -0.2) is 46.8 Å². The molecule has 1 saturated heterocycles. The van der Waals surface area contributed by atoms with Gasteiger partial charge in [-0.15, -0.1) is 12.4 Å². The van der Waals surface area contributed by atoms with Gasteiger partial charge in [-0.2, -0.15) is 0 Å². The lowest BCUT2D eigenvalue weighted by molar-refractivity contribution is -0.141. The summed E-state index contributed by atoms with van der Waals surface area (Å²) in [6.45, 7) is 5.62. The summed E-state index contributed by atoms with van der Waals surface area (Å²) >= 11 is 0. The van der Waals surface area contributed by atoms with Crippen LogP contribution in [0.15, 0.2) is 0 Å². The summed E-state index contributed by atoms with van der Waals surface area (Å²) in [6, 6.07) is -0.523. The van der Waals surface area contributed by atoms with Gasteiger partial charge < -0.3 is 20.5 Å². The van der Waals surface area contributed by atoms with E-state index in [0.717, 1.165) is 0 Å². The highest BCUT2D eigenvalue weighted by Crippen LogP contribution is 2.18. The highest BCUT2D eigenvalue weighted by Gasteiger charge is 2.39. The standard InChI is InChI=1S/C10H18N2O4.ClH/c1-10(2,3)16-9(15)12-4-6(8(13)14)7(11)5-12;/h6-7H,4-5,11H2,1-3H3,(H,13,14);1H. The number of hydrogen-bond acceptors (Lipinski definition) is 4. The number of carbonyl (C=O) groups excluding carboxylic acids is 1. The van der Waals surface area contributed by atoms with E-state index in [1.165, 1.54) is 4.90 Å². The van der Waals surface area contributed by atoms with Crippen LogP contribution in [-0.2, 0) is 9.53 Å². The van der Waals surface area contributed by atoms with E-state index < -0.39 is 29.6 Å². The van der Waals surface area contributed by atoms with Crippen molar-refractivity contribution in [2.75, 3.05) is 13.1 Å². The number of rotatable bonds is 1. The lowest BCUT2D eigenvalue weighted by Gasteiger charge is -2.24. The van der Waals surface area contributed by atoms with Crippen molar-refractivity contribution in [3.63, 3.8) is 0 Å². The van der Waals surface area contributed by atoms with Gasteiger partial charge in [-0.1, -0.05) is 0 Å². The summed E-state index contributed by atoms with van der Waals surface area (Å²) in [6.07, 6.45) is -0.508. The average Bonchev–Trinajstić information content (AvgIpc) is 2.44. The first-order valence-electron chi connectivity index (χ1n) is 5.17. The molecule has 0 spiro atoms. The second-order valence-electron chi connectivity index (χ2n) is 4.99. The van der Waals surface area contributed by atoms with Crippen LogP contribution in [0.1, 0.15) is 20.8 Å². The zero-order valence-corrected chi connectivity index (χ0v) is 11.0. The summed E-state index contributed by atoms with van der Waals surface area (Å²) in [5.41, 5.74) is 5.06. The van der Waals surface area contributed by atoms with Crippen molar-refractivity contribution in [2.45, 2.75) is 32.4 Å². The maximum atomic E-state index is 11.6. The second-order valence-corrected chi connectivity index (χ2v) is 4.99. The Balaban J connectivity index is 0.00000256. The van der Waals surface area contributed by atoms with E-state index in [0.29, 0.717) is 0 Å². The molecule has 1 heterocycles. The van der Waals surface area contributed by atoms with Gasteiger partial charge >= 0.3 is 12.1 Å². The van der Waals surface area contributed by atoms with Crippen LogP contribution in [0.3, 0.4) is 0 Å². The molecule has 0 aromatic carbocycles. The van der Waals surface area contributed by atoms with Crippen molar-refractivity contribution in [3.8, 4) is 0 Å². The van der Waals surface area contributed by atoms with Crippen molar-refractivity contribution in [1.82, 2.24) is 4.90 Å². The zero-order chi connectivity index (χ0) is 12.5. The quantitative estimate of drug-likeness (QED) is 0.728. The summed E-state index contributed by atoms with van der Waals surface area (Å²) in [4.78, 5) is 23.8. The van der Waals surface area contributed by atoms with Crippen molar-refractivity contribution >= 4 is 24.5 Å². The monoisotopic (exact) mass is 266 g/mol. The number of ether oxygens (including phenoxy) is 1. The van der Waals surface area contributed by atoms with Crippen LogP contribution in [0.25, 0.3) is 0 Å². The fourth-order valence-electron chi connectivity index (χ4n) is 1.57. The molecule has 100 valence electrons. The first-order chi connectivity index (χ1) is 7.20. The molecule has 0 aromatic rings. The Morgan fingerprint density at radius 2 is 1.88 bits per heavy atom. The molecule has 1 fully saturated rings. The second kappa shape index (κ2) is 5.55. The molecule has 1 aliphatic rings. The minimum Gasteiger partial charge on any atom is -0.481 e. The molecule has 0 aliphatic carbocycles. The maximum absolute atomic E-state index is 11.6. The Labute approximate surface area is 107 Å². The Morgan fingerprint density at radius 1 is 1.35 bits per heavy atom. The number of amides is 1. The number of nitrogens with zero attached hydrogens (tertiary/aromatic N) is 1. The predicted octanol–water partition coefficient (Wildman–Crippen LogP) is 0.687. The number of likely N-dealkylation sites (tertiary alicyclic amines) is 1. The van der Waals surface area contributed by atoms with Crippen molar-refractivity contribution < 1.29 is 19.4 Å². The first kappa shape index (κ1) is 16.0. The highest BCUT2D eigenvalue weighted by molar-refractivity contribution is 5.85. The smallest absolute Gasteiger partial charge is 0.410 e. The van der Waals surface area contributed by atoms with E-state index in [9.17, 15) is 9.59 Å². The molecule has 0 bridgehead atoms. The Bertz CT molecular complexity index is 303. The van der Waals surface area contributed by atoms with E-state index in [4.69, 9.17) is 15.6 Å². The first-order valence-corrected chi connectivity index (χ1v) is 5.17. The van der Waals surface area contributed by atoms with Gasteiger partial charge in [0.1, 0.15) is 5.60 Å². The molecule has 2 atom stereocenters. The third kappa shape index (κ3) is 4.40. The highest BCUT2D eigenvalue weighted by atomic mass is 35.5. The van der Waals surface area contributed by atoms with Crippen LogP contribution in [0.5, 0.6) is 0 Å². The lowest BCUT2D eigenvalue weighted by atomic mass is 10.1. The fourth-order valence-corrected chi connectivity index (χ4v) is 1.57. The van der Waals surface area contributed by atoms with Gasteiger partial charge in [-0.25, -0.2) is 4.79 Å². The molecular weight excluding hydrogens is 248 g/mol. The Hall–Kier alpha value is -1.01. The van der Waals surface area contributed by atoms with E-state index in [-0.39, 0.29) is 25.5 Å². The van der Waals surface area contributed by atoms with Crippen LogP contribution in [0, 0.1) is 5.92 Å². The van der Waals surface area contributed by atoms with Gasteiger partial charge in [0.05, 0.1) is 5.92 Å². The Kier molecular flexibility index (Phi) is 5.22. The molecule has 17 heavy (non-hydrogen) atoms. The summed E-state index contributed by atoms with van der Waals surface area (Å²) < 4.78 is 5.14. The van der Waals surface area contributed by atoms with Crippen molar-refractivity contribution in [3.05, 3.63) is 0 Å². The van der Waals surface area contributed by atoms with Gasteiger partial charge in [-0.3, -0.25) is 4.79 Å². The van der Waals surface area contributed by atoms with Crippen LogP contribution in [0.4, 0.5) is 4.79 Å². The predicted molar refractivity (Wildman–Crippen MR) is 64.2 cm³/mol. The summed E-state index contributed by atoms with van der Waals surface area (Å²) in [5.74, 6) is -1.67. The van der Waals surface area contributed by atoms with E-state index in [1.54, 1.807) is 20.8 Å². The maximum Gasteiger partial charge on any atom is 0.410 e. The number of halogens is 1. The Morgan fingerprint density at radius 3 is 2.24 bits per heavy atom. The molecule has 7 heteroatoms. The average molecular weight is 267 g/mol. The van der Waals surface area contributed by atoms with Crippen LogP contribution < -0.4 is 5.73 Å². The lowest BCUT2D eigenvalue weighted by Crippen LogP contribution is -2.36. The van der Waals surface area contributed by atoms with Crippen molar-refractivity contribution in [1.29, 1.82) is 0 Å². The number of carbonyl (C=O) groups is 2. The van der Waals surface area contributed by atoms with Gasteiger partial charge in [-0.05, 0) is 20.8 Å². The number of nitrogens with two attached hydrogens (primary N) is 1. The minimum absolute atomic E-state index is 0. The minimum atomic E-state index is -0.974. The summed E-state index contributed by atoms with van der Waals surface area (Å²) in [5, 5.41) is 8.86. The molecule has 1 rings (SSSR count). The number of hydrogen-bond donors (Lipinski definition) is 2. The van der Waals surface area contributed by atoms with Gasteiger partial charge in [0.15, 0.2) is 0 Å². The van der Waals surface area contributed by atoms with E-state index in [1.807, 2.05) is 0 Å². The molecule has 1 aliphatic heterocycles. The molecule has 2 unspecified atom stereocenters. The molecule has 0 radical (unpaired) electrons. The van der Waals surface area contributed by atoms with Gasteiger partial charge in [0.25, 0.3) is 0 Å². The number of aliphatic carboxylic acids is 1. The number of carboxylic acids is 1. The summed E-state index contributed by atoms with van der Waals surface area (Å²) in [7, 11) is 0. The fraction of sp³-hybridized carbons (Fsp3) is 0.800. The zero-order valence-electron chi connectivity index (χ0n) is 10.2. The third-order valence-electron chi connectivity index (χ3n) is 2.33. The van der Waals surface area contributed by atoms with E-state index >= 15 is 0 Å². The van der Waals surface area contributed by atoms with E-state index in [2.05, 4.69) is 0 Å².